The van der Waals surface area contributed by atoms with E-state index in [1.165, 1.54) is 51.4 Å². The summed E-state index contributed by atoms with van der Waals surface area (Å²) in [5.41, 5.74) is 0. The van der Waals surface area contributed by atoms with Crippen LogP contribution >= 0.6 is 0 Å². The minimum absolute atomic E-state index is 0.196. The minimum Gasteiger partial charge on any atom is -0.375 e. The molecule has 0 bridgehead atoms. The van der Waals surface area contributed by atoms with Gasteiger partial charge in [0.15, 0.2) is 5.96 Å². The van der Waals surface area contributed by atoms with Crippen LogP contribution in [0.25, 0.3) is 0 Å². The van der Waals surface area contributed by atoms with Crippen molar-refractivity contribution in [2.45, 2.75) is 70.0 Å². The second-order valence-electron chi connectivity index (χ2n) is 7.53. The zero-order valence-corrected chi connectivity index (χ0v) is 15.3. The quantitative estimate of drug-likeness (QED) is 0.476. The molecular formula is C19H35N3O2. The van der Waals surface area contributed by atoms with Gasteiger partial charge in [-0.25, -0.2) is 0 Å². The molecule has 2 heterocycles. The van der Waals surface area contributed by atoms with Gasteiger partial charge in [0.1, 0.15) is 6.10 Å². The van der Waals surface area contributed by atoms with Crippen molar-refractivity contribution in [1.29, 1.82) is 0 Å². The van der Waals surface area contributed by atoms with Crippen LogP contribution in [0.15, 0.2) is 4.99 Å². The Labute approximate surface area is 147 Å². The summed E-state index contributed by atoms with van der Waals surface area (Å²) in [4.78, 5) is 6.84. The Hall–Kier alpha value is -0.810. The van der Waals surface area contributed by atoms with E-state index in [-0.39, 0.29) is 12.2 Å². The fourth-order valence-corrected chi connectivity index (χ4v) is 4.39. The number of ether oxygens (including phenoxy) is 2. The molecule has 1 N–H and O–H groups in total. The number of aliphatic imine (C=N–C) groups is 1. The van der Waals surface area contributed by atoms with E-state index < -0.39 is 0 Å². The van der Waals surface area contributed by atoms with E-state index in [1.807, 2.05) is 7.05 Å². The molecule has 0 aromatic carbocycles. The highest BCUT2D eigenvalue weighted by Gasteiger charge is 2.32. The van der Waals surface area contributed by atoms with Gasteiger partial charge >= 0.3 is 0 Å². The predicted octanol–water partition coefficient (Wildman–Crippen LogP) is 2.80. The summed E-state index contributed by atoms with van der Waals surface area (Å²) < 4.78 is 11.8. The summed E-state index contributed by atoms with van der Waals surface area (Å²) in [6, 6.07) is 0. The van der Waals surface area contributed by atoms with Crippen LogP contribution in [-0.2, 0) is 9.47 Å². The summed E-state index contributed by atoms with van der Waals surface area (Å²) in [5.74, 6) is 2.00. The molecule has 0 aromatic rings. The standard InChI is InChI=1S/C19H35N3O2/c1-20-19(21-11-5-9-16-7-3-2-4-8-16)22-12-14-24-18(15-22)17-10-6-13-23-17/h16-18H,2-15H2,1H3,(H,20,21). The lowest BCUT2D eigenvalue weighted by molar-refractivity contribution is -0.0816. The topological polar surface area (TPSA) is 46.1 Å². The molecule has 2 atom stereocenters. The first kappa shape index (κ1) is 18.0. The van der Waals surface area contributed by atoms with Crippen LogP contribution in [-0.4, -0.2) is 63.0 Å². The summed E-state index contributed by atoms with van der Waals surface area (Å²) in [7, 11) is 1.89. The summed E-state index contributed by atoms with van der Waals surface area (Å²) in [6.07, 6.45) is 12.6. The average Bonchev–Trinajstić information content (AvgIpc) is 3.18. The number of morpholine rings is 1. The van der Waals surface area contributed by atoms with Crippen LogP contribution in [0.1, 0.15) is 57.8 Å². The second-order valence-corrected chi connectivity index (χ2v) is 7.53. The molecule has 138 valence electrons. The molecule has 0 aromatic heterocycles. The maximum Gasteiger partial charge on any atom is 0.193 e. The highest BCUT2D eigenvalue weighted by atomic mass is 16.5. The molecular weight excluding hydrogens is 302 g/mol. The third-order valence-corrected chi connectivity index (χ3v) is 5.78. The normalized spacial score (nSPS) is 29.9. The third kappa shape index (κ3) is 5.09. The zero-order chi connectivity index (χ0) is 16.6. The van der Waals surface area contributed by atoms with E-state index in [9.17, 15) is 0 Å². The lowest BCUT2D eigenvalue weighted by Gasteiger charge is -2.37. The number of hydrogen-bond donors (Lipinski definition) is 1. The van der Waals surface area contributed by atoms with Gasteiger partial charge in [0, 0.05) is 33.3 Å². The number of rotatable bonds is 5. The van der Waals surface area contributed by atoms with Crippen molar-refractivity contribution in [3.05, 3.63) is 0 Å². The third-order valence-electron chi connectivity index (χ3n) is 5.78. The first-order valence-corrected chi connectivity index (χ1v) is 10.1. The van der Waals surface area contributed by atoms with Crippen molar-refractivity contribution in [3.8, 4) is 0 Å². The van der Waals surface area contributed by atoms with Gasteiger partial charge in [0.05, 0.1) is 12.7 Å². The second kappa shape index (κ2) is 9.62. The highest BCUT2D eigenvalue weighted by molar-refractivity contribution is 5.80. The van der Waals surface area contributed by atoms with Crippen molar-refractivity contribution in [1.82, 2.24) is 10.2 Å². The first-order chi connectivity index (χ1) is 11.9. The lowest BCUT2D eigenvalue weighted by atomic mass is 9.86. The molecule has 5 heteroatoms. The largest absolute Gasteiger partial charge is 0.375 e. The van der Waals surface area contributed by atoms with Gasteiger partial charge in [-0.05, 0) is 31.6 Å². The predicted molar refractivity (Wildman–Crippen MR) is 97.5 cm³/mol. The average molecular weight is 338 g/mol. The molecule has 0 radical (unpaired) electrons. The number of nitrogens with zero attached hydrogens (tertiary/aromatic N) is 2. The molecule has 1 aliphatic carbocycles. The van der Waals surface area contributed by atoms with E-state index in [0.717, 1.165) is 51.1 Å². The van der Waals surface area contributed by atoms with Crippen molar-refractivity contribution in [2.24, 2.45) is 10.9 Å². The fourth-order valence-electron chi connectivity index (χ4n) is 4.39. The smallest absolute Gasteiger partial charge is 0.193 e. The van der Waals surface area contributed by atoms with Crippen LogP contribution in [0, 0.1) is 5.92 Å². The van der Waals surface area contributed by atoms with E-state index in [0.29, 0.717) is 0 Å². The van der Waals surface area contributed by atoms with E-state index in [4.69, 9.17) is 9.47 Å². The Kier molecular flexibility index (Phi) is 7.21. The van der Waals surface area contributed by atoms with Crippen LogP contribution < -0.4 is 5.32 Å². The number of nitrogens with one attached hydrogen (secondary N) is 1. The number of hydrogen-bond acceptors (Lipinski definition) is 3. The molecule has 2 aliphatic heterocycles. The summed E-state index contributed by atoms with van der Waals surface area (Å²) in [5, 5.41) is 3.57. The Balaban J connectivity index is 1.38. The maximum absolute atomic E-state index is 5.94. The monoisotopic (exact) mass is 337 g/mol. The maximum atomic E-state index is 5.94. The first-order valence-electron chi connectivity index (χ1n) is 10.1. The van der Waals surface area contributed by atoms with Crippen molar-refractivity contribution in [2.75, 3.05) is 39.9 Å². The van der Waals surface area contributed by atoms with Crippen LogP contribution in [0.5, 0.6) is 0 Å². The van der Waals surface area contributed by atoms with Crippen LogP contribution in [0.4, 0.5) is 0 Å². The van der Waals surface area contributed by atoms with E-state index in [2.05, 4.69) is 15.2 Å². The number of guanidine groups is 1. The molecule has 0 amide bonds. The van der Waals surface area contributed by atoms with Gasteiger partial charge in [0.25, 0.3) is 0 Å². The SMILES string of the molecule is CN=C(NCCCC1CCCCC1)N1CCOC(C2CCCO2)C1. The van der Waals surface area contributed by atoms with Gasteiger partial charge < -0.3 is 19.7 Å². The van der Waals surface area contributed by atoms with Gasteiger partial charge in [-0.15, -0.1) is 0 Å². The molecule has 3 fully saturated rings. The summed E-state index contributed by atoms with van der Waals surface area (Å²) in [6.45, 7) is 4.51. The van der Waals surface area contributed by atoms with Gasteiger partial charge in [-0.3, -0.25) is 4.99 Å². The lowest BCUT2D eigenvalue weighted by Crippen LogP contribution is -2.53. The Morgan fingerprint density at radius 1 is 1.04 bits per heavy atom. The molecule has 5 nitrogen and oxygen atoms in total. The van der Waals surface area contributed by atoms with E-state index in [1.54, 1.807) is 0 Å². The summed E-state index contributed by atoms with van der Waals surface area (Å²) >= 11 is 0. The zero-order valence-electron chi connectivity index (χ0n) is 15.3. The molecule has 2 saturated heterocycles. The minimum atomic E-state index is 0.196. The molecule has 3 rings (SSSR count). The molecule has 1 saturated carbocycles. The van der Waals surface area contributed by atoms with E-state index >= 15 is 0 Å². The fraction of sp³-hybridized carbons (Fsp3) is 0.947. The molecule has 2 unspecified atom stereocenters. The van der Waals surface area contributed by atoms with Gasteiger partial charge in [-0.1, -0.05) is 32.1 Å². The molecule has 0 spiro atoms. The Morgan fingerprint density at radius 3 is 2.62 bits per heavy atom. The van der Waals surface area contributed by atoms with Crippen LogP contribution in [0.2, 0.25) is 0 Å². The van der Waals surface area contributed by atoms with Gasteiger partial charge in [0.2, 0.25) is 0 Å². The Morgan fingerprint density at radius 2 is 1.88 bits per heavy atom. The molecule has 24 heavy (non-hydrogen) atoms. The van der Waals surface area contributed by atoms with Crippen LogP contribution in [0.3, 0.4) is 0 Å². The van der Waals surface area contributed by atoms with Gasteiger partial charge in [-0.2, -0.15) is 0 Å². The Bertz CT molecular complexity index is 390. The van der Waals surface area contributed by atoms with Crippen molar-refractivity contribution < 1.29 is 9.47 Å². The highest BCUT2D eigenvalue weighted by Crippen LogP contribution is 2.27. The van der Waals surface area contributed by atoms with Crippen molar-refractivity contribution in [3.63, 3.8) is 0 Å². The molecule has 3 aliphatic rings. The van der Waals surface area contributed by atoms with Crippen molar-refractivity contribution >= 4 is 5.96 Å².